The highest BCUT2D eigenvalue weighted by atomic mass is 16.3. The van der Waals surface area contributed by atoms with E-state index in [2.05, 4.69) is 31.4 Å². The van der Waals surface area contributed by atoms with E-state index in [1.807, 2.05) is 60.7 Å². The van der Waals surface area contributed by atoms with Gasteiger partial charge in [0.15, 0.2) is 5.76 Å². The number of anilines is 2. The number of rotatable bonds is 4. The second-order valence-electron chi connectivity index (χ2n) is 9.63. The third-order valence-electron chi connectivity index (χ3n) is 6.04. The number of hydrogen-bond donors (Lipinski definition) is 2. The summed E-state index contributed by atoms with van der Waals surface area (Å²) < 4.78 is 5.81. The predicted octanol–water partition coefficient (Wildman–Crippen LogP) is 7.39. The quantitative estimate of drug-likeness (QED) is 0.292. The lowest BCUT2D eigenvalue weighted by molar-refractivity contribution is 0.0997. The molecule has 35 heavy (non-hydrogen) atoms. The number of furan rings is 1. The molecule has 0 aliphatic carbocycles. The van der Waals surface area contributed by atoms with Gasteiger partial charge in [-0.05, 0) is 64.2 Å². The lowest BCUT2D eigenvalue weighted by Crippen LogP contribution is -2.15. The van der Waals surface area contributed by atoms with Crippen LogP contribution in [0.2, 0.25) is 0 Å². The molecule has 0 unspecified atom stereocenters. The molecule has 5 nitrogen and oxygen atoms in total. The van der Waals surface area contributed by atoms with Crippen LogP contribution in [0.1, 0.15) is 47.2 Å². The summed E-state index contributed by atoms with van der Waals surface area (Å²) in [5, 5.41) is 8.78. The van der Waals surface area contributed by atoms with Crippen LogP contribution in [0.3, 0.4) is 0 Å². The monoisotopic (exact) mass is 462 g/mol. The zero-order valence-electron chi connectivity index (χ0n) is 19.9. The van der Waals surface area contributed by atoms with Gasteiger partial charge in [0.05, 0.1) is 0 Å². The van der Waals surface area contributed by atoms with Crippen molar-refractivity contribution in [1.82, 2.24) is 0 Å². The SMILES string of the molecule is CC(C)(C)c1ccc(C(=O)Nc2cccc(NC(=O)c3cc4c(ccc5ccccc54)o3)c2)cc1. The molecule has 5 rings (SSSR count). The highest BCUT2D eigenvalue weighted by molar-refractivity contribution is 6.11. The second kappa shape index (κ2) is 8.76. The van der Waals surface area contributed by atoms with E-state index in [0.717, 1.165) is 21.7 Å². The summed E-state index contributed by atoms with van der Waals surface area (Å²) in [7, 11) is 0. The molecule has 5 aromatic rings. The van der Waals surface area contributed by atoms with Crippen molar-refractivity contribution in [3.8, 4) is 0 Å². The molecule has 0 bridgehead atoms. The number of hydrogen-bond acceptors (Lipinski definition) is 3. The van der Waals surface area contributed by atoms with E-state index in [1.54, 1.807) is 30.3 Å². The molecule has 1 aromatic heterocycles. The van der Waals surface area contributed by atoms with Gasteiger partial charge in [-0.3, -0.25) is 9.59 Å². The van der Waals surface area contributed by atoms with E-state index in [1.165, 1.54) is 0 Å². The largest absolute Gasteiger partial charge is 0.451 e. The molecular formula is C30H26N2O3. The Bertz CT molecular complexity index is 1560. The maximum atomic E-state index is 12.9. The highest BCUT2D eigenvalue weighted by Gasteiger charge is 2.16. The van der Waals surface area contributed by atoms with Crippen molar-refractivity contribution in [3.63, 3.8) is 0 Å². The minimum absolute atomic E-state index is 0.0223. The fourth-order valence-corrected chi connectivity index (χ4v) is 4.10. The fraction of sp³-hybridized carbons (Fsp3) is 0.133. The molecule has 0 aliphatic rings. The summed E-state index contributed by atoms with van der Waals surface area (Å²) in [6.07, 6.45) is 0. The van der Waals surface area contributed by atoms with Crippen molar-refractivity contribution in [2.45, 2.75) is 26.2 Å². The molecule has 0 spiro atoms. The molecule has 174 valence electrons. The number of fused-ring (bicyclic) bond motifs is 3. The number of amides is 2. The molecule has 0 radical (unpaired) electrons. The predicted molar refractivity (Wildman–Crippen MR) is 141 cm³/mol. The van der Waals surface area contributed by atoms with Gasteiger partial charge in [-0.15, -0.1) is 0 Å². The molecular weight excluding hydrogens is 436 g/mol. The Kier molecular flexibility index (Phi) is 5.61. The third kappa shape index (κ3) is 4.66. The van der Waals surface area contributed by atoms with E-state index in [-0.39, 0.29) is 23.0 Å². The molecule has 0 saturated carbocycles. The molecule has 0 fully saturated rings. The lowest BCUT2D eigenvalue weighted by atomic mass is 9.87. The molecule has 5 heteroatoms. The first-order valence-corrected chi connectivity index (χ1v) is 11.5. The van der Waals surface area contributed by atoms with Crippen LogP contribution >= 0.6 is 0 Å². The Balaban J connectivity index is 1.31. The van der Waals surface area contributed by atoms with Crippen LogP contribution in [0.25, 0.3) is 21.7 Å². The van der Waals surface area contributed by atoms with Gasteiger partial charge < -0.3 is 15.1 Å². The van der Waals surface area contributed by atoms with E-state index < -0.39 is 0 Å². The molecule has 0 atom stereocenters. The van der Waals surface area contributed by atoms with Crippen LogP contribution in [-0.2, 0) is 5.41 Å². The van der Waals surface area contributed by atoms with Crippen LogP contribution in [0, 0.1) is 0 Å². The first-order valence-electron chi connectivity index (χ1n) is 11.5. The first-order chi connectivity index (χ1) is 16.8. The zero-order valence-corrected chi connectivity index (χ0v) is 19.9. The van der Waals surface area contributed by atoms with Crippen LogP contribution in [0.4, 0.5) is 11.4 Å². The van der Waals surface area contributed by atoms with E-state index in [9.17, 15) is 9.59 Å². The number of benzene rings is 4. The zero-order chi connectivity index (χ0) is 24.6. The van der Waals surface area contributed by atoms with Gasteiger partial charge in [-0.2, -0.15) is 0 Å². The van der Waals surface area contributed by atoms with Crippen molar-refractivity contribution in [2.75, 3.05) is 10.6 Å². The summed E-state index contributed by atoms with van der Waals surface area (Å²) in [6.45, 7) is 6.40. The van der Waals surface area contributed by atoms with E-state index in [4.69, 9.17) is 4.42 Å². The van der Waals surface area contributed by atoms with Gasteiger partial charge in [-0.1, -0.05) is 69.3 Å². The summed E-state index contributed by atoms with van der Waals surface area (Å²) in [5.74, 6) is -0.339. The standard InChI is InChI=1S/C30H26N2O3/c1-30(2,3)21-14-11-20(12-15-21)28(33)31-22-8-6-9-23(17-22)32-29(34)27-18-25-24-10-5-4-7-19(24)13-16-26(25)35-27/h4-18H,1-3H3,(H,31,33)(H,32,34). The smallest absolute Gasteiger partial charge is 0.291 e. The van der Waals surface area contributed by atoms with Crippen LogP contribution in [-0.4, -0.2) is 11.8 Å². The average Bonchev–Trinajstić information content (AvgIpc) is 3.29. The number of carbonyl (C=O) groups excluding carboxylic acids is 2. The van der Waals surface area contributed by atoms with Gasteiger partial charge in [0.2, 0.25) is 0 Å². The Morgan fingerprint density at radius 3 is 2.09 bits per heavy atom. The molecule has 0 saturated heterocycles. The summed E-state index contributed by atoms with van der Waals surface area (Å²) in [6, 6.07) is 28.2. The summed E-state index contributed by atoms with van der Waals surface area (Å²) in [5.41, 5.74) is 3.56. The normalized spacial score (nSPS) is 11.5. The molecule has 2 N–H and O–H groups in total. The maximum absolute atomic E-state index is 12.9. The van der Waals surface area contributed by atoms with Gasteiger partial charge in [0.1, 0.15) is 5.58 Å². The molecule has 4 aromatic carbocycles. The second-order valence-corrected chi connectivity index (χ2v) is 9.63. The Morgan fingerprint density at radius 2 is 1.37 bits per heavy atom. The minimum Gasteiger partial charge on any atom is -0.451 e. The molecule has 2 amide bonds. The Morgan fingerprint density at radius 1 is 0.686 bits per heavy atom. The van der Waals surface area contributed by atoms with Crippen molar-refractivity contribution in [1.29, 1.82) is 0 Å². The fourth-order valence-electron chi connectivity index (χ4n) is 4.10. The van der Waals surface area contributed by atoms with Crippen molar-refractivity contribution in [2.24, 2.45) is 0 Å². The van der Waals surface area contributed by atoms with E-state index >= 15 is 0 Å². The van der Waals surface area contributed by atoms with E-state index in [0.29, 0.717) is 22.5 Å². The van der Waals surface area contributed by atoms with Crippen molar-refractivity contribution < 1.29 is 14.0 Å². The van der Waals surface area contributed by atoms with Crippen molar-refractivity contribution >= 4 is 44.9 Å². The highest BCUT2D eigenvalue weighted by Crippen LogP contribution is 2.29. The van der Waals surface area contributed by atoms with Crippen LogP contribution < -0.4 is 10.6 Å². The van der Waals surface area contributed by atoms with Gasteiger partial charge >= 0.3 is 0 Å². The van der Waals surface area contributed by atoms with Gasteiger partial charge in [0.25, 0.3) is 11.8 Å². The average molecular weight is 463 g/mol. The van der Waals surface area contributed by atoms with Crippen LogP contribution in [0.5, 0.6) is 0 Å². The van der Waals surface area contributed by atoms with Gasteiger partial charge in [-0.25, -0.2) is 0 Å². The summed E-state index contributed by atoms with van der Waals surface area (Å²) in [4.78, 5) is 25.6. The lowest BCUT2D eigenvalue weighted by Gasteiger charge is -2.19. The molecule has 1 heterocycles. The maximum Gasteiger partial charge on any atom is 0.291 e. The topological polar surface area (TPSA) is 71.3 Å². The van der Waals surface area contributed by atoms with Crippen LogP contribution in [0.15, 0.2) is 95.4 Å². The third-order valence-corrected chi connectivity index (χ3v) is 6.04. The number of nitrogens with one attached hydrogen (secondary N) is 2. The first kappa shape index (κ1) is 22.4. The molecule has 0 aliphatic heterocycles. The minimum atomic E-state index is -0.355. The van der Waals surface area contributed by atoms with Crippen molar-refractivity contribution in [3.05, 3.63) is 108 Å². The van der Waals surface area contributed by atoms with Gasteiger partial charge in [0, 0.05) is 22.3 Å². The Labute approximate surface area is 203 Å². The Hall–Kier alpha value is -4.38. The number of carbonyl (C=O) groups is 2. The summed E-state index contributed by atoms with van der Waals surface area (Å²) >= 11 is 0.